The van der Waals surface area contributed by atoms with Crippen LogP contribution in [0.2, 0.25) is 0 Å². The quantitative estimate of drug-likeness (QED) is 0.382. The highest BCUT2D eigenvalue weighted by Crippen LogP contribution is 2.26. The van der Waals surface area contributed by atoms with E-state index in [-0.39, 0.29) is 11.3 Å². The number of nitrogens with zero attached hydrogens (tertiary/aromatic N) is 1. The summed E-state index contributed by atoms with van der Waals surface area (Å²) in [6, 6.07) is 19.4. The molecule has 0 amide bonds. The first-order valence-corrected chi connectivity index (χ1v) is 7.73. The lowest BCUT2D eigenvalue weighted by Crippen LogP contribution is -2.05. The molecule has 0 fully saturated rings. The van der Waals surface area contributed by atoms with Gasteiger partial charge in [0.15, 0.2) is 5.78 Å². The van der Waals surface area contributed by atoms with Crippen molar-refractivity contribution in [3.8, 4) is 0 Å². The number of para-hydroxylation sites is 1. The standard InChI is InChI=1S/C21H14FNO/c1-13-6-4-11-19-17(13)12-14-7-5-9-16(20(14)23-19)21(24)15-8-2-3-10-18(15)22/h2-12H,1H3. The number of halogens is 1. The highest BCUT2D eigenvalue weighted by molar-refractivity contribution is 6.16. The summed E-state index contributed by atoms with van der Waals surface area (Å²) in [4.78, 5) is 17.5. The molecule has 4 rings (SSSR count). The van der Waals surface area contributed by atoms with Gasteiger partial charge in [-0.3, -0.25) is 4.79 Å². The molecule has 1 heterocycles. The van der Waals surface area contributed by atoms with Crippen molar-refractivity contribution in [2.24, 2.45) is 0 Å². The first kappa shape index (κ1) is 14.5. The summed E-state index contributed by atoms with van der Waals surface area (Å²) < 4.78 is 14.0. The molecule has 0 aliphatic heterocycles. The van der Waals surface area contributed by atoms with E-state index in [1.165, 1.54) is 12.1 Å². The van der Waals surface area contributed by atoms with Gasteiger partial charge in [-0.15, -0.1) is 0 Å². The van der Waals surface area contributed by atoms with Crippen molar-refractivity contribution in [3.63, 3.8) is 0 Å². The van der Waals surface area contributed by atoms with Crippen LogP contribution in [0.4, 0.5) is 4.39 Å². The number of rotatable bonds is 2. The molecule has 0 aliphatic carbocycles. The second kappa shape index (κ2) is 5.53. The molecule has 0 spiro atoms. The second-order valence-corrected chi connectivity index (χ2v) is 5.82. The third-order valence-corrected chi connectivity index (χ3v) is 4.26. The van der Waals surface area contributed by atoms with Gasteiger partial charge in [0.05, 0.1) is 16.6 Å². The molecule has 3 aromatic carbocycles. The molecular weight excluding hydrogens is 301 g/mol. The lowest BCUT2D eigenvalue weighted by atomic mass is 9.98. The number of fused-ring (bicyclic) bond motifs is 2. The van der Waals surface area contributed by atoms with Crippen LogP contribution in [0, 0.1) is 12.7 Å². The maximum Gasteiger partial charge on any atom is 0.198 e. The minimum Gasteiger partial charge on any atom is -0.288 e. The molecule has 0 bridgehead atoms. The van der Waals surface area contributed by atoms with E-state index in [1.54, 1.807) is 18.2 Å². The van der Waals surface area contributed by atoms with E-state index in [9.17, 15) is 9.18 Å². The van der Waals surface area contributed by atoms with E-state index in [1.807, 2.05) is 43.3 Å². The minimum absolute atomic E-state index is 0.0659. The van der Waals surface area contributed by atoms with E-state index in [2.05, 4.69) is 4.98 Å². The van der Waals surface area contributed by atoms with Crippen molar-refractivity contribution < 1.29 is 9.18 Å². The number of benzene rings is 3. The summed E-state index contributed by atoms with van der Waals surface area (Å²) in [5.74, 6) is -0.866. The molecule has 24 heavy (non-hydrogen) atoms. The summed E-state index contributed by atoms with van der Waals surface area (Å²) in [7, 11) is 0. The molecular formula is C21H14FNO. The molecule has 0 saturated heterocycles. The summed E-state index contributed by atoms with van der Waals surface area (Å²) in [5, 5.41) is 1.93. The lowest BCUT2D eigenvalue weighted by Gasteiger charge is -2.09. The van der Waals surface area contributed by atoms with Crippen LogP contribution in [-0.2, 0) is 0 Å². The van der Waals surface area contributed by atoms with Crippen LogP contribution >= 0.6 is 0 Å². The zero-order chi connectivity index (χ0) is 16.7. The molecule has 116 valence electrons. The number of hydrogen-bond donors (Lipinski definition) is 0. The predicted molar refractivity (Wildman–Crippen MR) is 93.8 cm³/mol. The van der Waals surface area contributed by atoms with Gasteiger partial charge in [0.1, 0.15) is 5.82 Å². The Morgan fingerprint density at radius 1 is 0.917 bits per heavy atom. The number of aryl methyl sites for hydroxylation is 1. The van der Waals surface area contributed by atoms with Crippen molar-refractivity contribution in [2.75, 3.05) is 0 Å². The lowest BCUT2D eigenvalue weighted by molar-refractivity contribution is 0.103. The summed E-state index contributed by atoms with van der Waals surface area (Å²) in [6.07, 6.45) is 0. The molecule has 0 aliphatic rings. The molecule has 0 radical (unpaired) electrons. The average Bonchev–Trinajstić information content (AvgIpc) is 2.60. The van der Waals surface area contributed by atoms with Gasteiger partial charge in [-0.05, 0) is 42.8 Å². The number of hydrogen-bond acceptors (Lipinski definition) is 2. The van der Waals surface area contributed by atoms with Crippen LogP contribution in [0.1, 0.15) is 21.5 Å². The second-order valence-electron chi connectivity index (χ2n) is 5.82. The van der Waals surface area contributed by atoms with Gasteiger partial charge in [-0.25, -0.2) is 9.37 Å². The van der Waals surface area contributed by atoms with Crippen LogP contribution in [-0.4, -0.2) is 10.8 Å². The molecule has 3 heteroatoms. The van der Waals surface area contributed by atoms with Crippen LogP contribution in [0.5, 0.6) is 0 Å². The maximum atomic E-state index is 14.0. The zero-order valence-electron chi connectivity index (χ0n) is 13.1. The molecule has 1 aromatic heterocycles. The van der Waals surface area contributed by atoms with Crippen LogP contribution in [0.3, 0.4) is 0 Å². The Morgan fingerprint density at radius 2 is 1.67 bits per heavy atom. The Balaban J connectivity index is 1.99. The Kier molecular flexibility index (Phi) is 3.35. The minimum atomic E-state index is -0.517. The van der Waals surface area contributed by atoms with Gasteiger partial charge in [-0.2, -0.15) is 0 Å². The summed E-state index contributed by atoms with van der Waals surface area (Å²) in [6.45, 7) is 2.03. The van der Waals surface area contributed by atoms with Gasteiger partial charge < -0.3 is 0 Å². The van der Waals surface area contributed by atoms with Crippen LogP contribution < -0.4 is 0 Å². The SMILES string of the molecule is Cc1cccc2nc3c(C(=O)c4ccccc4F)cccc3cc12. The largest absolute Gasteiger partial charge is 0.288 e. The van der Waals surface area contributed by atoms with E-state index in [0.29, 0.717) is 11.1 Å². The fourth-order valence-corrected chi connectivity index (χ4v) is 3.00. The number of ketones is 1. The summed E-state index contributed by atoms with van der Waals surface area (Å²) >= 11 is 0. The molecule has 0 N–H and O–H groups in total. The monoisotopic (exact) mass is 315 g/mol. The Morgan fingerprint density at radius 3 is 2.50 bits per heavy atom. The van der Waals surface area contributed by atoms with E-state index in [0.717, 1.165) is 21.9 Å². The fourth-order valence-electron chi connectivity index (χ4n) is 3.00. The Bertz CT molecular complexity index is 1100. The zero-order valence-corrected chi connectivity index (χ0v) is 13.1. The average molecular weight is 315 g/mol. The van der Waals surface area contributed by atoms with Crippen molar-refractivity contribution in [1.82, 2.24) is 4.98 Å². The molecule has 0 saturated carbocycles. The molecule has 2 nitrogen and oxygen atoms in total. The predicted octanol–water partition coefficient (Wildman–Crippen LogP) is 5.07. The smallest absolute Gasteiger partial charge is 0.198 e. The van der Waals surface area contributed by atoms with Gasteiger partial charge >= 0.3 is 0 Å². The highest BCUT2D eigenvalue weighted by Gasteiger charge is 2.17. The third-order valence-electron chi connectivity index (χ3n) is 4.26. The van der Waals surface area contributed by atoms with Gasteiger partial charge in [0.25, 0.3) is 0 Å². The van der Waals surface area contributed by atoms with Crippen molar-refractivity contribution >= 4 is 27.6 Å². The first-order valence-electron chi connectivity index (χ1n) is 7.73. The Hall–Kier alpha value is -3.07. The summed E-state index contributed by atoms with van der Waals surface area (Å²) in [5.41, 5.74) is 3.05. The van der Waals surface area contributed by atoms with E-state index < -0.39 is 5.82 Å². The normalized spacial score (nSPS) is 11.1. The number of aromatic nitrogens is 1. The van der Waals surface area contributed by atoms with Gasteiger partial charge in [0.2, 0.25) is 0 Å². The molecule has 0 atom stereocenters. The van der Waals surface area contributed by atoms with Crippen molar-refractivity contribution in [2.45, 2.75) is 6.92 Å². The number of carbonyl (C=O) groups is 1. The number of carbonyl (C=O) groups excluding carboxylic acids is 1. The first-order chi connectivity index (χ1) is 11.6. The topological polar surface area (TPSA) is 30.0 Å². The number of pyridine rings is 1. The van der Waals surface area contributed by atoms with Crippen LogP contribution in [0.25, 0.3) is 21.8 Å². The van der Waals surface area contributed by atoms with Crippen molar-refractivity contribution in [1.29, 1.82) is 0 Å². The molecule has 4 aromatic rings. The van der Waals surface area contributed by atoms with Gasteiger partial charge in [-0.1, -0.05) is 36.4 Å². The fraction of sp³-hybridized carbons (Fsp3) is 0.0476. The van der Waals surface area contributed by atoms with Gasteiger partial charge in [0, 0.05) is 16.3 Å². The van der Waals surface area contributed by atoms with E-state index >= 15 is 0 Å². The molecule has 0 unspecified atom stereocenters. The van der Waals surface area contributed by atoms with Crippen LogP contribution in [0.15, 0.2) is 66.7 Å². The third kappa shape index (κ3) is 2.26. The highest BCUT2D eigenvalue weighted by atomic mass is 19.1. The Labute approximate surface area is 138 Å². The maximum absolute atomic E-state index is 14.0. The van der Waals surface area contributed by atoms with Crippen molar-refractivity contribution in [3.05, 3.63) is 89.2 Å². The van der Waals surface area contributed by atoms with E-state index in [4.69, 9.17) is 0 Å².